The van der Waals surface area contributed by atoms with E-state index in [9.17, 15) is 0 Å². The van der Waals surface area contributed by atoms with E-state index in [0.29, 0.717) is 29.5 Å². The molecule has 0 aliphatic rings. The second-order valence-electron chi connectivity index (χ2n) is 4.97. The van der Waals surface area contributed by atoms with Crippen LogP contribution >= 0.6 is 11.6 Å². The molecule has 0 saturated carbocycles. The Morgan fingerprint density at radius 2 is 1.67 bits per heavy atom. The maximum atomic E-state index is 9.10. The van der Waals surface area contributed by atoms with Gasteiger partial charge in [-0.05, 0) is 42.5 Å². The molecule has 0 radical (unpaired) electrons. The Labute approximate surface area is 146 Å². The first-order chi connectivity index (χ1) is 11.7. The van der Waals surface area contributed by atoms with E-state index >= 15 is 0 Å². The maximum absolute atomic E-state index is 9.10. The molecule has 0 spiro atoms. The lowest BCUT2D eigenvalue weighted by Gasteiger charge is -2.23. The number of ether oxygens (including phenoxy) is 1. The van der Waals surface area contributed by atoms with Gasteiger partial charge in [0.15, 0.2) is 0 Å². The number of aliphatic hydroxyl groups excluding tert-OH is 2. The average Bonchev–Trinajstić information content (AvgIpc) is 2.61. The summed E-state index contributed by atoms with van der Waals surface area (Å²) in [6.07, 6.45) is 0. The summed E-state index contributed by atoms with van der Waals surface area (Å²) >= 11 is 6.26. The number of hydrogen-bond donors (Lipinski definition) is 2. The number of halogens is 1. The lowest BCUT2D eigenvalue weighted by Crippen LogP contribution is -2.29. The van der Waals surface area contributed by atoms with Crippen LogP contribution in [0.1, 0.15) is 0 Å². The highest BCUT2D eigenvalue weighted by Crippen LogP contribution is 2.31. The van der Waals surface area contributed by atoms with Gasteiger partial charge in [0, 0.05) is 18.8 Å². The zero-order valence-electron chi connectivity index (χ0n) is 13.4. The molecule has 0 heterocycles. The van der Waals surface area contributed by atoms with Gasteiger partial charge >= 0.3 is 0 Å². The van der Waals surface area contributed by atoms with Crippen molar-refractivity contribution in [3.8, 4) is 5.75 Å². The van der Waals surface area contributed by atoms with Crippen molar-refractivity contribution in [3.63, 3.8) is 0 Å². The monoisotopic (exact) mass is 349 g/mol. The topological polar surface area (TPSA) is 77.7 Å². The third-order valence-corrected chi connectivity index (χ3v) is 3.68. The van der Waals surface area contributed by atoms with E-state index in [1.807, 2.05) is 11.0 Å². The smallest absolute Gasteiger partial charge is 0.119 e. The number of rotatable bonds is 8. The van der Waals surface area contributed by atoms with Gasteiger partial charge in [-0.25, -0.2) is 0 Å². The van der Waals surface area contributed by atoms with E-state index < -0.39 is 0 Å². The van der Waals surface area contributed by atoms with E-state index in [4.69, 9.17) is 26.6 Å². The van der Waals surface area contributed by atoms with Crippen LogP contribution in [0, 0.1) is 0 Å². The molecule has 7 heteroatoms. The molecule has 0 saturated heterocycles. The number of benzene rings is 2. The minimum atomic E-state index is -0.00342. The van der Waals surface area contributed by atoms with Crippen LogP contribution in [0.3, 0.4) is 0 Å². The fraction of sp³-hybridized carbons (Fsp3) is 0.294. The van der Waals surface area contributed by atoms with E-state index in [2.05, 4.69) is 10.2 Å². The molecule has 6 nitrogen and oxygen atoms in total. The predicted molar refractivity (Wildman–Crippen MR) is 95.0 cm³/mol. The number of nitrogens with zero attached hydrogens (tertiary/aromatic N) is 3. The van der Waals surface area contributed by atoms with Gasteiger partial charge in [0.1, 0.15) is 11.4 Å². The second-order valence-corrected chi connectivity index (χ2v) is 5.38. The van der Waals surface area contributed by atoms with Crippen molar-refractivity contribution >= 4 is 28.7 Å². The van der Waals surface area contributed by atoms with Gasteiger partial charge in [0.05, 0.1) is 31.0 Å². The summed E-state index contributed by atoms with van der Waals surface area (Å²) in [5, 5.41) is 27.0. The Morgan fingerprint density at radius 3 is 2.21 bits per heavy atom. The molecule has 2 rings (SSSR count). The van der Waals surface area contributed by atoms with E-state index in [-0.39, 0.29) is 13.2 Å². The fourth-order valence-electron chi connectivity index (χ4n) is 2.15. The fourth-order valence-corrected chi connectivity index (χ4v) is 2.36. The minimum absolute atomic E-state index is 0.00342. The molecule has 24 heavy (non-hydrogen) atoms. The zero-order chi connectivity index (χ0) is 17.4. The van der Waals surface area contributed by atoms with Gasteiger partial charge in [-0.15, -0.1) is 5.11 Å². The number of azo groups is 1. The third kappa shape index (κ3) is 4.92. The van der Waals surface area contributed by atoms with Gasteiger partial charge in [-0.3, -0.25) is 0 Å². The van der Waals surface area contributed by atoms with Crippen LogP contribution in [0.25, 0.3) is 0 Å². The molecule has 2 N–H and O–H groups in total. The van der Waals surface area contributed by atoms with Crippen molar-refractivity contribution in [2.75, 3.05) is 38.3 Å². The quantitative estimate of drug-likeness (QED) is 0.714. The van der Waals surface area contributed by atoms with Crippen LogP contribution < -0.4 is 9.64 Å². The number of aliphatic hydroxyl groups is 2. The number of methoxy groups -OCH3 is 1. The minimum Gasteiger partial charge on any atom is -0.497 e. The second kappa shape index (κ2) is 9.22. The van der Waals surface area contributed by atoms with Crippen LogP contribution in [-0.4, -0.2) is 43.6 Å². The Hall–Kier alpha value is -2.15. The summed E-state index contributed by atoms with van der Waals surface area (Å²) in [5.74, 6) is 0.754. The predicted octanol–water partition coefficient (Wildman–Crippen LogP) is 3.56. The summed E-state index contributed by atoms with van der Waals surface area (Å²) in [5.41, 5.74) is 2.05. The molecule has 2 aromatic carbocycles. The van der Waals surface area contributed by atoms with Gasteiger partial charge in [0.2, 0.25) is 0 Å². The van der Waals surface area contributed by atoms with E-state index in [0.717, 1.165) is 11.4 Å². The highest BCUT2D eigenvalue weighted by molar-refractivity contribution is 6.33. The SMILES string of the molecule is COc1ccc(N=Nc2ccc(N(CCO)CCO)cc2Cl)cc1. The molecule has 0 amide bonds. The van der Waals surface area contributed by atoms with Gasteiger partial charge in [-0.2, -0.15) is 5.11 Å². The molecule has 2 aromatic rings. The normalized spacial score (nSPS) is 11.0. The Bertz CT molecular complexity index is 671. The first-order valence-corrected chi connectivity index (χ1v) is 7.87. The van der Waals surface area contributed by atoms with Crippen LogP contribution in [0.15, 0.2) is 52.7 Å². The molecule has 0 aliphatic carbocycles. The standard InChI is InChI=1S/C17H20ClN3O3/c1-24-15-5-2-13(3-6-15)19-20-17-7-4-14(12-16(17)18)21(8-10-22)9-11-23/h2-7,12,22-23H,8-11H2,1H3. The van der Waals surface area contributed by atoms with Crippen LogP contribution in [0.2, 0.25) is 5.02 Å². The molecule has 0 bridgehead atoms. The average molecular weight is 350 g/mol. The van der Waals surface area contributed by atoms with Crippen LogP contribution in [0.5, 0.6) is 5.75 Å². The zero-order valence-corrected chi connectivity index (χ0v) is 14.1. The molecular formula is C17H20ClN3O3. The first-order valence-electron chi connectivity index (χ1n) is 7.50. The summed E-state index contributed by atoms with van der Waals surface area (Å²) < 4.78 is 5.09. The number of anilines is 1. The molecular weight excluding hydrogens is 330 g/mol. The molecule has 0 atom stereocenters. The lowest BCUT2D eigenvalue weighted by atomic mass is 10.2. The van der Waals surface area contributed by atoms with Crippen molar-refractivity contribution in [3.05, 3.63) is 47.5 Å². The Morgan fingerprint density at radius 1 is 1.00 bits per heavy atom. The van der Waals surface area contributed by atoms with E-state index in [1.54, 1.807) is 43.5 Å². The molecule has 128 valence electrons. The van der Waals surface area contributed by atoms with Gasteiger partial charge < -0.3 is 19.8 Å². The van der Waals surface area contributed by atoms with Crippen molar-refractivity contribution in [1.82, 2.24) is 0 Å². The summed E-state index contributed by atoms with van der Waals surface area (Å²) in [6, 6.07) is 12.5. The number of hydrogen-bond acceptors (Lipinski definition) is 6. The van der Waals surface area contributed by atoms with Crippen LogP contribution in [0.4, 0.5) is 17.1 Å². The maximum Gasteiger partial charge on any atom is 0.119 e. The highest BCUT2D eigenvalue weighted by Gasteiger charge is 2.08. The summed E-state index contributed by atoms with van der Waals surface area (Å²) in [6.45, 7) is 0.834. The largest absolute Gasteiger partial charge is 0.497 e. The van der Waals surface area contributed by atoms with Crippen molar-refractivity contribution in [2.45, 2.75) is 0 Å². The molecule has 0 fully saturated rings. The third-order valence-electron chi connectivity index (χ3n) is 3.38. The van der Waals surface area contributed by atoms with Crippen molar-refractivity contribution in [2.24, 2.45) is 10.2 Å². The van der Waals surface area contributed by atoms with Crippen LogP contribution in [-0.2, 0) is 0 Å². The Balaban J connectivity index is 2.14. The summed E-state index contributed by atoms with van der Waals surface area (Å²) in [4.78, 5) is 1.84. The Kier molecular flexibility index (Phi) is 6.99. The molecule has 0 unspecified atom stereocenters. The van der Waals surface area contributed by atoms with Gasteiger partial charge in [0.25, 0.3) is 0 Å². The first kappa shape index (κ1) is 18.2. The molecule has 0 aromatic heterocycles. The van der Waals surface area contributed by atoms with E-state index in [1.165, 1.54) is 0 Å². The summed E-state index contributed by atoms with van der Waals surface area (Å²) in [7, 11) is 1.61. The highest BCUT2D eigenvalue weighted by atomic mass is 35.5. The van der Waals surface area contributed by atoms with Crippen molar-refractivity contribution < 1.29 is 14.9 Å². The van der Waals surface area contributed by atoms with Gasteiger partial charge in [-0.1, -0.05) is 11.6 Å². The lowest BCUT2D eigenvalue weighted by molar-refractivity contribution is 0.281. The molecule has 0 aliphatic heterocycles. The van der Waals surface area contributed by atoms with Crippen molar-refractivity contribution in [1.29, 1.82) is 0 Å².